The maximum absolute atomic E-state index is 12.4. The van der Waals surface area contributed by atoms with Crippen molar-refractivity contribution >= 4 is 17.5 Å². The Labute approximate surface area is 143 Å². The average Bonchev–Trinajstić information content (AvgIpc) is 2.48. The van der Waals surface area contributed by atoms with Gasteiger partial charge in [0.25, 0.3) is 0 Å². The predicted octanol–water partition coefficient (Wildman–Crippen LogP) is 1.50. The van der Waals surface area contributed by atoms with Crippen molar-refractivity contribution in [1.29, 1.82) is 0 Å². The third kappa shape index (κ3) is 5.62. The second-order valence-electron chi connectivity index (χ2n) is 6.64. The van der Waals surface area contributed by atoms with E-state index in [1.54, 1.807) is 11.9 Å². The molecule has 2 amide bonds. The molecule has 1 fully saturated rings. The summed E-state index contributed by atoms with van der Waals surface area (Å²) in [6, 6.07) is 7.64. The van der Waals surface area contributed by atoms with Gasteiger partial charge in [-0.2, -0.15) is 0 Å². The monoisotopic (exact) mass is 333 g/mol. The van der Waals surface area contributed by atoms with Gasteiger partial charge in [-0.25, -0.2) is 0 Å². The summed E-state index contributed by atoms with van der Waals surface area (Å²) < 4.78 is 5.64. The Morgan fingerprint density at radius 1 is 1.17 bits per heavy atom. The molecule has 24 heavy (non-hydrogen) atoms. The average molecular weight is 333 g/mol. The minimum atomic E-state index is -0.127. The van der Waals surface area contributed by atoms with Gasteiger partial charge in [0.2, 0.25) is 11.8 Å². The number of carbonyl (C=O) groups is 2. The summed E-state index contributed by atoms with van der Waals surface area (Å²) in [6.45, 7) is 7.54. The van der Waals surface area contributed by atoms with Crippen molar-refractivity contribution in [3.63, 3.8) is 0 Å². The number of anilines is 1. The summed E-state index contributed by atoms with van der Waals surface area (Å²) in [6.07, 6.45) is 0.0979. The van der Waals surface area contributed by atoms with Crippen LogP contribution in [0, 0.1) is 6.92 Å². The SMILES string of the molecule is Cc1ccc(NC(=O)CN(C)CC(=O)N2C[C@@H](C)O[C@H](C)C2)cc1. The number of morpholine rings is 1. The van der Waals surface area contributed by atoms with E-state index in [0.29, 0.717) is 13.1 Å². The van der Waals surface area contributed by atoms with E-state index in [-0.39, 0.29) is 37.1 Å². The number of carbonyl (C=O) groups excluding carboxylic acids is 2. The van der Waals surface area contributed by atoms with Gasteiger partial charge < -0.3 is 15.0 Å². The Bertz CT molecular complexity index is 563. The molecule has 2 rings (SSSR count). The number of ether oxygens (including phenoxy) is 1. The molecule has 0 aromatic heterocycles. The van der Waals surface area contributed by atoms with Gasteiger partial charge in [0, 0.05) is 18.8 Å². The molecule has 6 nitrogen and oxygen atoms in total. The van der Waals surface area contributed by atoms with Crippen LogP contribution in [0.25, 0.3) is 0 Å². The number of likely N-dealkylation sites (N-methyl/N-ethyl adjacent to an activating group) is 1. The zero-order valence-corrected chi connectivity index (χ0v) is 14.9. The molecule has 0 aliphatic carbocycles. The molecule has 1 heterocycles. The molecule has 1 aromatic carbocycles. The molecule has 6 heteroatoms. The standard InChI is InChI=1S/C18H27N3O3/c1-13-5-7-16(8-6-13)19-17(22)11-20(4)12-18(23)21-9-14(2)24-15(3)10-21/h5-8,14-15H,9-12H2,1-4H3,(H,19,22)/t14-,15-/m1/s1. The first-order valence-electron chi connectivity index (χ1n) is 8.32. The molecule has 0 spiro atoms. The van der Waals surface area contributed by atoms with Crippen molar-refractivity contribution in [1.82, 2.24) is 9.80 Å². The van der Waals surface area contributed by atoms with Crippen molar-refractivity contribution in [3.05, 3.63) is 29.8 Å². The Morgan fingerprint density at radius 2 is 1.75 bits per heavy atom. The lowest BCUT2D eigenvalue weighted by Gasteiger charge is -2.36. The second-order valence-corrected chi connectivity index (χ2v) is 6.64. The molecule has 0 saturated carbocycles. The summed E-state index contributed by atoms with van der Waals surface area (Å²) >= 11 is 0. The molecular weight excluding hydrogens is 306 g/mol. The van der Waals surface area contributed by atoms with Gasteiger partial charge in [-0.15, -0.1) is 0 Å². The van der Waals surface area contributed by atoms with Crippen molar-refractivity contribution in [3.8, 4) is 0 Å². The summed E-state index contributed by atoms with van der Waals surface area (Å²) in [5.74, 6) is -0.0968. The molecule has 2 atom stereocenters. The third-order valence-electron chi connectivity index (χ3n) is 3.93. The number of amides is 2. The van der Waals surface area contributed by atoms with Gasteiger partial charge in [-0.05, 0) is 40.0 Å². The maximum atomic E-state index is 12.4. The third-order valence-corrected chi connectivity index (χ3v) is 3.93. The van der Waals surface area contributed by atoms with Crippen molar-refractivity contribution in [2.75, 3.05) is 38.5 Å². The molecule has 0 radical (unpaired) electrons. The number of nitrogens with one attached hydrogen (secondary N) is 1. The van der Waals surface area contributed by atoms with E-state index < -0.39 is 0 Å². The normalized spacial score (nSPS) is 21.0. The van der Waals surface area contributed by atoms with E-state index in [1.165, 1.54) is 0 Å². The maximum Gasteiger partial charge on any atom is 0.238 e. The lowest BCUT2D eigenvalue weighted by Crippen LogP contribution is -2.51. The number of hydrogen-bond donors (Lipinski definition) is 1. The first-order valence-corrected chi connectivity index (χ1v) is 8.32. The quantitative estimate of drug-likeness (QED) is 0.887. The number of nitrogens with zero attached hydrogens (tertiary/aromatic N) is 2. The van der Waals surface area contributed by atoms with E-state index in [2.05, 4.69) is 5.32 Å². The van der Waals surface area contributed by atoms with Gasteiger partial charge in [0.15, 0.2) is 0 Å². The molecule has 1 aliphatic heterocycles. The largest absolute Gasteiger partial charge is 0.372 e. The highest BCUT2D eigenvalue weighted by molar-refractivity contribution is 5.92. The Balaban J connectivity index is 1.79. The zero-order valence-electron chi connectivity index (χ0n) is 14.9. The van der Waals surface area contributed by atoms with Crippen LogP contribution in [0.2, 0.25) is 0 Å². The van der Waals surface area contributed by atoms with E-state index in [0.717, 1.165) is 11.3 Å². The molecule has 0 unspecified atom stereocenters. The summed E-state index contributed by atoms with van der Waals surface area (Å²) in [4.78, 5) is 28.0. The lowest BCUT2D eigenvalue weighted by molar-refractivity contribution is -0.144. The highest BCUT2D eigenvalue weighted by atomic mass is 16.5. The summed E-state index contributed by atoms with van der Waals surface area (Å²) in [5, 5.41) is 2.84. The summed E-state index contributed by atoms with van der Waals surface area (Å²) in [7, 11) is 1.78. The van der Waals surface area contributed by atoms with Gasteiger partial charge >= 0.3 is 0 Å². The Kier molecular flexibility index (Phi) is 6.34. The molecule has 0 bridgehead atoms. The van der Waals surface area contributed by atoms with E-state index >= 15 is 0 Å². The van der Waals surface area contributed by atoms with E-state index in [4.69, 9.17) is 4.74 Å². The first-order chi connectivity index (χ1) is 11.3. The topological polar surface area (TPSA) is 61.9 Å². The van der Waals surface area contributed by atoms with Gasteiger partial charge in [-0.3, -0.25) is 14.5 Å². The molecular formula is C18H27N3O3. The smallest absolute Gasteiger partial charge is 0.238 e. The van der Waals surface area contributed by atoms with Crippen LogP contribution in [0.15, 0.2) is 24.3 Å². The predicted molar refractivity (Wildman–Crippen MR) is 93.9 cm³/mol. The van der Waals surface area contributed by atoms with E-state index in [9.17, 15) is 9.59 Å². The Hall–Kier alpha value is -1.92. The fourth-order valence-electron chi connectivity index (χ4n) is 2.85. The second kappa shape index (κ2) is 8.26. The molecule has 1 aromatic rings. The fourth-order valence-corrected chi connectivity index (χ4v) is 2.85. The summed E-state index contributed by atoms with van der Waals surface area (Å²) in [5.41, 5.74) is 1.91. The zero-order chi connectivity index (χ0) is 17.7. The molecule has 1 aliphatic rings. The van der Waals surface area contributed by atoms with Crippen LogP contribution in [0.1, 0.15) is 19.4 Å². The minimum Gasteiger partial charge on any atom is -0.372 e. The van der Waals surface area contributed by atoms with Crippen LogP contribution < -0.4 is 5.32 Å². The first kappa shape index (κ1) is 18.4. The van der Waals surface area contributed by atoms with Crippen molar-refractivity contribution in [2.24, 2.45) is 0 Å². The van der Waals surface area contributed by atoms with Crippen LogP contribution in [0.4, 0.5) is 5.69 Å². The van der Waals surface area contributed by atoms with Crippen molar-refractivity contribution < 1.29 is 14.3 Å². The van der Waals surface area contributed by atoms with Crippen LogP contribution in [0.5, 0.6) is 0 Å². The lowest BCUT2D eigenvalue weighted by atomic mass is 10.2. The highest BCUT2D eigenvalue weighted by Gasteiger charge is 2.26. The molecule has 132 valence electrons. The number of aryl methyl sites for hydroxylation is 1. The van der Waals surface area contributed by atoms with Gasteiger partial charge in [0.05, 0.1) is 25.3 Å². The Morgan fingerprint density at radius 3 is 2.33 bits per heavy atom. The van der Waals surface area contributed by atoms with E-state index in [1.807, 2.05) is 49.9 Å². The minimum absolute atomic E-state index is 0.0302. The molecule has 1 saturated heterocycles. The van der Waals surface area contributed by atoms with Crippen LogP contribution >= 0.6 is 0 Å². The molecule has 1 N–H and O–H groups in total. The van der Waals surface area contributed by atoms with Gasteiger partial charge in [-0.1, -0.05) is 17.7 Å². The number of benzene rings is 1. The number of hydrogen-bond acceptors (Lipinski definition) is 4. The van der Waals surface area contributed by atoms with Crippen molar-refractivity contribution in [2.45, 2.75) is 33.0 Å². The highest BCUT2D eigenvalue weighted by Crippen LogP contribution is 2.11. The van der Waals surface area contributed by atoms with Crippen LogP contribution in [-0.2, 0) is 14.3 Å². The number of rotatable bonds is 5. The van der Waals surface area contributed by atoms with Gasteiger partial charge in [0.1, 0.15) is 0 Å². The van der Waals surface area contributed by atoms with Crippen LogP contribution in [-0.4, -0.2) is 67.0 Å². The van der Waals surface area contributed by atoms with Crippen LogP contribution in [0.3, 0.4) is 0 Å². The fraction of sp³-hybridized carbons (Fsp3) is 0.556.